The zero-order valence-corrected chi connectivity index (χ0v) is 40.7. The number of nitrogens with zero attached hydrogens (tertiary/aromatic N) is 1. The molecular formula is C52H89NO8P+. The number of hydrogen-bond acceptors (Lipinski definition) is 7. The molecule has 0 bridgehead atoms. The van der Waals surface area contributed by atoms with E-state index in [2.05, 4.69) is 98.9 Å². The van der Waals surface area contributed by atoms with Gasteiger partial charge in [-0.15, -0.1) is 0 Å². The average molecular weight is 887 g/mol. The fourth-order valence-corrected chi connectivity index (χ4v) is 6.70. The zero-order chi connectivity index (χ0) is 45.7. The number of unbranched alkanes of at least 4 members (excludes halogenated alkanes) is 12. The number of carbonyl (C=O) groups excluding carboxylic acids is 2. The van der Waals surface area contributed by atoms with Crippen LogP contribution in [0.25, 0.3) is 0 Å². The van der Waals surface area contributed by atoms with Gasteiger partial charge in [-0.2, -0.15) is 0 Å². The molecule has 0 amide bonds. The second kappa shape index (κ2) is 43.2. The Morgan fingerprint density at radius 2 is 0.903 bits per heavy atom. The van der Waals surface area contributed by atoms with Crippen molar-refractivity contribution in [3.05, 3.63) is 97.2 Å². The summed E-state index contributed by atoms with van der Waals surface area (Å²) in [7, 11) is 1.43. The van der Waals surface area contributed by atoms with Gasteiger partial charge in [0, 0.05) is 12.8 Å². The van der Waals surface area contributed by atoms with Gasteiger partial charge in [-0.25, -0.2) is 4.57 Å². The third kappa shape index (κ3) is 46.4. The Kier molecular flexibility index (Phi) is 41.1. The minimum absolute atomic E-state index is 0.0161. The van der Waals surface area contributed by atoms with Gasteiger partial charge in [-0.1, -0.05) is 175 Å². The highest BCUT2D eigenvalue weighted by molar-refractivity contribution is 7.47. The highest BCUT2D eigenvalue weighted by atomic mass is 31.2. The lowest BCUT2D eigenvalue weighted by atomic mass is 10.0. The zero-order valence-electron chi connectivity index (χ0n) is 39.8. The first-order valence-corrected chi connectivity index (χ1v) is 25.5. The number of ether oxygens (including phenoxy) is 2. The molecule has 0 aromatic rings. The maximum atomic E-state index is 12.7. The molecule has 0 aromatic carbocycles. The summed E-state index contributed by atoms with van der Waals surface area (Å²) < 4.78 is 34.3. The summed E-state index contributed by atoms with van der Waals surface area (Å²) in [5.74, 6) is -0.903. The fourth-order valence-electron chi connectivity index (χ4n) is 5.96. The van der Waals surface area contributed by atoms with Gasteiger partial charge in [0.05, 0.1) is 27.7 Å². The fraction of sp³-hybridized carbons (Fsp3) is 0.654. The van der Waals surface area contributed by atoms with E-state index >= 15 is 0 Å². The van der Waals surface area contributed by atoms with E-state index in [1.807, 2.05) is 33.3 Å². The van der Waals surface area contributed by atoms with Crippen LogP contribution in [0.15, 0.2) is 97.2 Å². The molecule has 1 N–H and O–H groups in total. The summed E-state index contributed by atoms with van der Waals surface area (Å²) in [5.41, 5.74) is 0. The van der Waals surface area contributed by atoms with Crippen molar-refractivity contribution in [3.8, 4) is 0 Å². The second-order valence-electron chi connectivity index (χ2n) is 16.7. The number of phosphoric acid groups is 1. The summed E-state index contributed by atoms with van der Waals surface area (Å²) in [6, 6.07) is 0. The topological polar surface area (TPSA) is 108 Å². The van der Waals surface area contributed by atoms with E-state index < -0.39 is 32.5 Å². The lowest BCUT2D eigenvalue weighted by Gasteiger charge is -2.24. The first kappa shape index (κ1) is 58.9. The minimum Gasteiger partial charge on any atom is -0.462 e. The van der Waals surface area contributed by atoms with E-state index in [0.717, 1.165) is 70.6 Å². The minimum atomic E-state index is -4.40. The molecule has 10 heteroatoms. The van der Waals surface area contributed by atoms with Gasteiger partial charge in [0.2, 0.25) is 0 Å². The normalized spacial score (nSPS) is 14.4. The van der Waals surface area contributed by atoms with Crippen molar-refractivity contribution in [2.75, 3.05) is 47.5 Å². The van der Waals surface area contributed by atoms with Crippen molar-refractivity contribution < 1.29 is 42.1 Å². The predicted octanol–water partition coefficient (Wildman–Crippen LogP) is 14.1. The molecular weight excluding hydrogens is 798 g/mol. The third-order valence-electron chi connectivity index (χ3n) is 9.62. The molecule has 354 valence electrons. The Morgan fingerprint density at radius 1 is 0.500 bits per heavy atom. The molecule has 2 unspecified atom stereocenters. The molecule has 9 nitrogen and oxygen atoms in total. The van der Waals surface area contributed by atoms with E-state index in [1.54, 1.807) is 0 Å². The maximum Gasteiger partial charge on any atom is 0.472 e. The third-order valence-corrected chi connectivity index (χ3v) is 10.6. The standard InChI is InChI=1S/C52H88NO8P/c1-6-8-10-12-14-16-18-20-21-22-23-24-25-26-27-28-29-30-31-33-35-37-39-41-43-45-52(55)61-50(49-60-62(56,57)59-47-46-53(3,4)5)48-58-51(54)44-42-40-38-36-34-32-19-17-15-13-11-9-7-2/h8-11,14-17,20-21,23-24,32,34,38,40,50H,6-7,12-13,18-19,22,25-31,33,35-37,39,41-49H2,1-5H3/p+1/b10-8-,11-9-,16-14-,17-15-,21-20-,24-23-,34-32-,40-38-. The Bertz CT molecular complexity index is 1370. The van der Waals surface area contributed by atoms with Crippen LogP contribution in [0.2, 0.25) is 0 Å². The largest absolute Gasteiger partial charge is 0.472 e. The second-order valence-corrected chi connectivity index (χ2v) is 18.2. The number of likely N-dealkylation sites (N-methyl/N-ethyl adjacent to an activating group) is 1. The molecule has 0 saturated carbocycles. The first-order chi connectivity index (χ1) is 30.0. The van der Waals surface area contributed by atoms with Crippen LogP contribution < -0.4 is 0 Å². The van der Waals surface area contributed by atoms with Gasteiger partial charge in [-0.3, -0.25) is 18.6 Å². The first-order valence-electron chi connectivity index (χ1n) is 24.0. The number of quaternary nitrogens is 1. The van der Waals surface area contributed by atoms with E-state index in [-0.39, 0.29) is 26.1 Å². The predicted molar refractivity (Wildman–Crippen MR) is 261 cm³/mol. The Balaban J connectivity index is 4.29. The number of hydrogen-bond donors (Lipinski definition) is 1. The van der Waals surface area contributed by atoms with Crippen molar-refractivity contribution in [1.82, 2.24) is 0 Å². The van der Waals surface area contributed by atoms with Gasteiger partial charge in [0.1, 0.15) is 19.8 Å². The summed E-state index contributed by atoms with van der Waals surface area (Å²) in [4.78, 5) is 35.4. The van der Waals surface area contributed by atoms with Crippen molar-refractivity contribution in [3.63, 3.8) is 0 Å². The number of allylic oxidation sites excluding steroid dienone is 16. The smallest absolute Gasteiger partial charge is 0.462 e. The Hall–Kier alpha value is -3.07. The molecule has 0 rings (SSSR count). The maximum absolute atomic E-state index is 12.7. The van der Waals surface area contributed by atoms with Gasteiger partial charge in [0.25, 0.3) is 0 Å². The molecule has 0 radical (unpaired) electrons. The van der Waals surface area contributed by atoms with Crippen LogP contribution in [-0.2, 0) is 32.7 Å². The van der Waals surface area contributed by atoms with Crippen molar-refractivity contribution in [2.45, 2.75) is 174 Å². The summed E-state index contributed by atoms with van der Waals surface area (Å²) in [6.45, 7) is 4.09. The van der Waals surface area contributed by atoms with Gasteiger partial charge in [0.15, 0.2) is 6.10 Å². The van der Waals surface area contributed by atoms with Crippen LogP contribution in [0, 0.1) is 0 Å². The van der Waals surface area contributed by atoms with E-state index in [0.29, 0.717) is 23.9 Å². The highest BCUT2D eigenvalue weighted by Crippen LogP contribution is 2.43. The van der Waals surface area contributed by atoms with Gasteiger partial charge < -0.3 is 18.9 Å². The average Bonchev–Trinajstić information content (AvgIpc) is 3.23. The molecule has 0 saturated heterocycles. The number of esters is 2. The van der Waals surface area contributed by atoms with Crippen LogP contribution in [-0.4, -0.2) is 74.9 Å². The molecule has 0 spiro atoms. The summed E-state index contributed by atoms with van der Waals surface area (Å²) in [5, 5.41) is 0. The van der Waals surface area contributed by atoms with Crippen LogP contribution in [0.1, 0.15) is 168 Å². The molecule has 62 heavy (non-hydrogen) atoms. The molecule has 0 aliphatic rings. The lowest BCUT2D eigenvalue weighted by molar-refractivity contribution is -0.870. The SMILES string of the molecule is CC/C=C\C/C=C\C/C=C\C/C=C\CCCCCCCCCCCCCCC(=O)OC(COC(=O)CC/C=C\C/C=C\C/C=C\C/C=C\CC)COP(=O)(O)OCC[N+](C)(C)C. The van der Waals surface area contributed by atoms with E-state index in [4.69, 9.17) is 18.5 Å². The van der Waals surface area contributed by atoms with Gasteiger partial charge in [-0.05, 0) is 77.0 Å². The quantitative estimate of drug-likeness (QED) is 0.0212. The van der Waals surface area contributed by atoms with Gasteiger partial charge >= 0.3 is 19.8 Å². The monoisotopic (exact) mass is 887 g/mol. The highest BCUT2D eigenvalue weighted by Gasteiger charge is 2.27. The van der Waals surface area contributed by atoms with Crippen LogP contribution in [0.3, 0.4) is 0 Å². The van der Waals surface area contributed by atoms with Crippen molar-refractivity contribution >= 4 is 19.8 Å². The molecule has 0 aliphatic carbocycles. The van der Waals surface area contributed by atoms with Crippen LogP contribution in [0.4, 0.5) is 0 Å². The number of rotatable bonds is 42. The number of carbonyl (C=O) groups is 2. The molecule has 0 fully saturated rings. The molecule has 0 heterocycles. The summed E-state index contributed by atoms with van der Waals surface area (Å²) >= 11 is 0. The molecule has 0 aromatic heterocycles. The van der Waals surface area contributed by atoms with Crippen molar-refractivity contribution in [2.24, 2.45) is 0 Å². The van der Waals surface area contributed by atoms with E-state index in [1.165, 1.54) is 57.8 Å². The summed E-state index contributed by atoms with van der Waals surface area (Å²) in [6.07, 6.45) is 57.7. The number of phosphoric ester groups is 1. The van der Waals surface area contributed by atoms with Crippen LogP contribution in [0.5, 0.6) is 0 Å². The van der Waals surface area contributed by atoms with E-state index in [9.17, 15) is 19.0 Å². The Labute approximate surface area is 379 Å². The lowest BCUT2D eigenvalue weighted by Crippen LogP contribution is -2.37. The van der Waals surface area contributed by atoms with Crippen LogP contribution >= 0.6 is 7.82 Å². The Morgan fingerprint density at radius 3 is 1.35 bits per heavy atom. The van der Waals surface area contributed by atoms with Crippen molar-refractivity contribution in [1.29, 1.82) is 0 Å². The molecule has 0 aliphatic heterocycles. The molecule has 2 atom stereocenters.